The average molecular weight is 277 g/mol. The van der Waals surface area contributed by atoms with Crippen LogP contribution in [0.5, 0.6) is 0 Å². The van der Waals surface area contributed by atoms with Crippen LogP contribution in [0.2, 0.25) is 0 Å². The maximum Gasteiger partial charge on any atom is 0.287 e. The third-order valence-corrected chi connectivity index (χ3v) is 2.98. The second kappa shape index (κ2) is 6.43. The third-order valence-electron chi connectivity index (χ3n) is 2.98. The summed E-state index contributed by atoms with van der Waals surface area (Å²) in [5.74, 6) is 2.26. The first-order chi connectivity index (χ1) is 9.63. The quantitative estimate of drug-likeness (QED) is 0.881. The van der Waals surface area contributed by atoms with E-state index in [-0.39, 0.29) is 17.7 Å². The second-order valence-corrected chi connectivity index (χ2v) is 4.55. The topological polar surface area (TPSA) is 64.6 Å². The van der Waals surface area contributed by atoms with Crippen LogP contribution >= 0.6 is 0 Å². The van der Waals surface area contributed by atoms with Crippen molar-refractivity contribution in [3.8, 4) is 0 Å². The number of hydrogen-bond acceptors (Lipinski definition) is 4. The van der Waals surface area contributed by atoms with Gasteiger partial charge in [-0.3, -0.25) is 4.79 Å². The molecular formula is C15H19NO4. The molecule has 0 unspecified atom stereocenters. The average Bonchev–Trinajstić information content (AvgIpc) is 3.06. The molecule has 2 heterocycles. The summed E-state index contributed by atoms with van der Waals surface area (Å²) in [7, 11) is 1.58. The predicted octanol–water partition coefficient (Wildman–Crippen LogP) is 2.86. The molecule has 108 valence electrons. The van der Waals surface area contributed by atoms with E-state index in [4.69, 9.17) is 13.6 Å². The standard InChI is InChI=1S/C15H19NO4/c1-4-11-6-8-13(20-11)12(9-18-3)16-15(17)14-7-5-10(2)19-14/h5-8,12H,4,9H2,1-3H3,(H,16,17)/t12-/m0/s1. The van der Waals surface area contributed by atoms with Crippen LogP contribution in [0.15, 0.2) is 33.1 Å². The van der Waals surface area contributed by atoms with Gasteiger partial charge in [-0.15, -0.1) is 0 Å². The minimum atomic E-state index is -0.335. The minimum Gasteiger partial charge on any atom is -0.464 e. The Labute approximate surface area is 117 Å². The van der Waals surface area contributed by atoms with E-state index in [9.17, 15) is 4.79 Å². The first kappa shape index (κ1) is 14.4. The molecule has 0 aliphatic heterocycles. The first-order valence-corrected chi connectivity index (χ1v) is 6.59. The molecule has 2 aromatic rings. The summed E-state index contributed by atoms with van der Waals surface area (Å²) in [4.78, 5) is 12.1. The predicted molar refractivity (Wildman–Crippen MR) is 73.6 cm³/mol. The number of nitrogens with one attached hydrogen (secondary N) is 1. The van der Waals surface area contributed by atoms with Crippen molar-refractivity contribution in [2.24, 2.45) is 0 Å². The summed E-state index contributed by atoms with van der Waals surface area (Å²) in [6.07, 6.45) is 0.811. The van der Waals surface area contributed by atoms with Gasteiger partial charge in [0.25, 0.3) is 5.91 Å². The number of methoxy groups -OCH3 is 1. The van der Waals surface area contributed by atoms with E-state index in [0.717, 1.165) is 12.2 Å². The van der Waals surface area contributed by atoms with Crippen molar-refractivity contribution in [2.75, 3.05) is 13.7 Å². The number of ether oxygens (including phenoxy) is 1. The molecule has 2 aromatic heterocycles. The Morgan fingerprint density at radius 1 is 1.30 bits per heavy atom. The zero-order valence-electron chi connectivity index (χ0n) is 11.9. The number of furan rings is 2. The van der Waals surface area contributed by atoms with Gasteiger partial charge < -0.3 is 18.9 Å². The maximum absolute atomic E-state index is 12.1. The molecule has 1 atom stereocenters. The fraction of sp³-hybridized carbons (Fsp3) is 0.400. The number of hydrogen-bond donors (Lipinski definition) is 1. The fourth-order valence-corrected chi connectivity index (χ4v) is 1.92. The summed E-state index contributed by atoms with van der Waals surface area (Å²) < 4.78 is 16.1. The molecule has 5 heteroatoms. The Kier molecular flexibility index (Phi) is 4.63. The second-order valence-electron chi connectivity index (χ2n) is 4.55. The lowest BCUT2D eigenvalue weighted by atomic mass is 10.2. The molecule has 0 saturated carbocycles. The fourth-order valence-electron chi connectivity index (χ4n) is 1.92. The molecule has 1 N–H and O–H groups in total. The molecule has 0 aliphatic carbocycles. The van der Waals surface area contributed by atoms with Gasteiger partial charge in [-0.05, 0) is 31.2 Å². The van der Waals surface area contributed by atoms with Crippen molar-refractivity contribution in [3.05, 3.63) is 47.3 Å². The van der Waals surface area contributed by atoms with Crippen LogP contribution in [0.4, 0.5) is 0 Å². The van der Waals surface area contributed by atoms with Gasteiger partial charge in [-0.25, -0.2) is 0 Å². The summed E-state index contributed by atoms with van der Waals surface area (Å²) in [6, 6.07) is 6.83. The van der Waals surface area contributed by atoms with Crippen molar-refractivity contribution >= 4 is 5.91 Å². The summed E-state index contributed by atoms with van der Waals surface area (Å²) in [6.45, 7) is 4.14. The van der Waals surface area contributed by atoms with Crippen LogP contribution < -0.4 is 5.32 Å². The van der Waals surface area contributed by atoms with Gasteiger partial charge in [-0.2, -0.15) is 0 Å². The van der Waals surface area contributed by atoms with E-state index in [1.165, 1.54) is 0 Å². The zero-order valence-corrected chi connectivity index (χ0v) is 11.9. The van der Waals surface area contributed by atoms with E-state index in [1.54, 1.807) is 26.2 Å². The van der Waals surface area contributed by atoms with Gasteiger partial charge in [0.2, 0.25) is 0 Å². The van der Waals surface area contributed by atoms with Crippen molar-refractivity contribution in [2.45, 2.75) is 26.3 Å². The summed E-state index contributed by atoms with van der Waals surface area (Å²) >= 11 is 0. The smallest absolute Gasteiger partial charge is 0.287 e. The van der Waals surface area contributed by atoms with E-state index < -0.39 is 0 Å². The lowest BCUT2D eigenvalue weighted by Crippen LogP contribution is -2.30. The summed E-state index contributed by atoms with van der Waals surface area (Å²) in [5.41, 5.74) is 0. The molecule has 0 aromatic carbocycles. The van der Waals surface area contributed by atoms with Crippen molar-refractivity contribution in [1.29, 1.82) is 0 Å². The van der Waals surface area contributed by atoms with Crippen LogP contribution in [-0.2, 0) is 11.2 Å². The lowest BCUT2D eigenvalue weighted by molar-refractivity contribution is 0.0854. The Morgan fingerprint density at radius 2 is 2.10 bits per heavy atom. The van der Waals surface area contributed by atoms with Gasteiger partial charge in [-0.1, -0.05) is 6.92 Å². The zero-order chi connectivity index (χ0) is 14.5. The van der Waals surface area contributed by atoms with Gasteiger partial charge in [0, 0.05) is 13.5 Å². The molecule has 0 bridgehead atoms. The molecular weight excluding hydrogens is 258 g/mol. The maximum atomic E-state index is 12.1. The number of carbonyl (C=O) groups is 1. The van der Waals surface area contributed by atoms with Crippen molar-refractivity contribution in [1.82, 2.24) is 5.32 Å². The molecule has 0 spiro atoms. The van der Waals surface area contributed by atoms with E-state index in [0.29, 0.717) is 18.1 Å². The molecule has 0 fully saturated rings. The molecule has 0 saturated heterocycles. The van der Waals surface area contributed by atoms with Crippen LogP contribution in [-0.4, -0.2) is 19.6 Å². The number of amides is 1. The van der Waals surface area contributed by atoms with Gasteiger partial charge in [0.15, 0.2) is 5.76 Å². The van der Waals surface area contributed by atoms with Crippen LogP contribution in [0.25, 0.3) is 0 Å². The highest BCUT2D eigenvalue weighted by atomic mass is 16.5. The Balaban J connectivity index is 2.10. The van der Waals surface area contributed by atoms with E-state index >= 15 is 0 Å². The number of carbonyl (C=O) groups excluding carboxylic acids is 1. The van der Waals surface area contributed by atoms with Crippen molar-refractivity contribution in [3.63, 3.8) is 0 Å². The highest BCUT2D eigenvalue weighted by Gasteiger charge is 2.20. The molecule has 5 nitrogen and oxygen atoms in total. The Bertz CT molecular complexity index is 570. The van der Waals surface area contributed by atoms with Gasteiger partial charge >= 0.3 is 0 Å². The third kappa shape index (κ3) is 3.30. The molecule has 20 heavy (non-hydrogen) atoms. The Morgan fingerprint density at radius 3 is 2.65 bits per heavy atom. The number of rotatable bonds is 6. The lowest BCUT2D eigenvalue weighted by Gasteiger charge is -2.14. The van der Waals surface area contributed by atoms with Crippen LogP contribution in [0.1, 0.15) is 40.8 Å². The molecule has 0 radical (unpaired) electrons. The van der Waals surface area contributed by atoms with E-state index in [2.05, 4.69) is 5.32 Å². The normalized spacial score (nSPS) is 12.3. The Hall–Kier alpha value is -2.01. The molecule has 2 rings (SSSR count). The molecule has 0 aliphatic rings. The first-order valence-electron chi connectivity index (χ1n) is 6.59. The molecule has 1 amide bonds. The minimum absolute atomic E-state index is 0.283. The van der Waals surface area contributed by atoms with Crippen molar-refractivity contribution < 1.29 is 18.4 Å². The van der Waals surface area contributed by atoms with Gasteiger partial charge in [0.05, 0.1) is 6.61 Å². The number of aryl methyl sites for hydroxylation is 2. The summed E-state index contributed by atoms with van der Waals surface area (Å²) in [5, 5.41) is 2.85. The van der Waals surface area contributed by atoms with E-state index in [1.807, 2.05) is 19.1 Å². The highest BCUT2D eigenvalue weighted by Crippen LogP contribution is 2.18. The largest absolute Gasteiger partial charge is 0.464 e. The monoisotopic (exact) mass is 277 g/mol. The van der Waals surface area contributed by atoms with Gasteiger partial charge in [0.1, 0.15) is 23.3 Å². The SMILES string of the molecule is CCc1ccc([C@H](COC)NC(=O)c2ccc(C)o2)o1. The highest BCUT2D eigenvalue weighted by molar-refractivity contribution is 5.91. The van der Waals surface area contributed by atoms with Crippen LogP contribution in [0.3, 0.4) is 0 Å². The van der Waals surface area contributed by atoms with Crippen LogP contribution in [0, 0.1) is 6.92 Å².